The maximum atomic E-state index is 11.6. The fraction of sp³-hybridized carbons (Fsp3) is 0.267. The van der Waals surface area contributed by atoms with Gasteiger partial charge in [0.1, 0.15) is 11.1 Å². The van der Waals surface area contributed by atoms with Crippen molar-refractivity contribution in [1.82, 2.24) is 9.47 Å². The molecule has 1 saturated heterocycles. The van der Waals surface area contributed by atoms with Crippen LogP contribution in [0.5, 0.6) is 5.75 Å². The van der Waals surface area contributed by atoms with Crippen LogP contribution in [0.3, 0.4) is 0 Å². The third-order valence-corrected chi connectivity index (χ3v) is 4.80. The lowest BCUT2D eigenvalue weighted by atomic mass is 10.3. The Morgan fingerprint density at radius 2 is 2.00 bits per heavy atom. The Kier molecular flexibility index (Phi) is 3.44. The van der Waals surface area contributed by atoms with Gasteiger partial charge in [0.05, 0.1) is 12.9 Å². The molecule has 2 aromatic rings. The Labute approximate surface area is 122 Å². The number of carbonyl (C=O) groups excluding carboxylic acids is 1. The summed E-state index contributed by atoms with van der Waals surface area (Å²) in [5, 5.41) is 0.127. The van der Waals surface area contributed by atoms with E-state index in [0.29, 0.717) is 5.75 Å². The van der Waals surface area contributed by atoms with Gasteiger partial charge < -0.3 is 14.2 Å². The number of nitrogens with zero attached hydrogens (tertiary/aromatic N) is 2. The summed E-state index contributed by atoms with van der Waals surface area (Å²) >= 11 is 1.67. The minimum atomic E-state index is 0.127. The second-order valence-corrected chi connectivity index (χ2v) is 5.79. The van der Waals surface area contributed by atoms with Crippen LogP contribution in [0.15, 0.2) is 42.7 Å². The van der Waals surface area contributed by atoms with Crippen molar-refractivity contribution < 1.29 is 9.53 Å². The zero-order valence-corrected chi connectivity index (χ0v) is 12.3. The number of ether oxygens (including phenoxy) is 1. The van der Waals surface area contributed by atoms with Crippen molar-refractivity contribution in [2.24, 2.45) is 0 Å². The molecule has 104 valence electrons. The van der Waals surface area contributed by atoms with Gasteiger partial charge >= 0.3 is 0 Å². The third kappa shape index (κ3) is 2.29. The zero-order chi connectivity index (χ0) is 14.1. The van der Waals surface area contributed by atoms with Gasteiger partial charge in [-0.2, -0.15) is 0 Å². The molecule has 3 rings (SSSR count). The van der Waals surface area contributed by atoms with E-state index in [1.54, 1.807) is 23.8 Å². The number of amides is 1. The molecule has 1 aliphatic rings. The molecular formula is C15H16N2O2S. The molecule has 0 radical (unpaired) electrons. The van der Waals surface area contributed by atoms with E-state index in [1.807, 2.05) is 37.5 Å². The summed E-state index contributed by atoms with van der Waals surface area (Å²) < 4.78 is 7.22. The second kappa shape index (κ2) is 5.25. The lowest BCUT2D eigenvalue weighted by Crippen LogP contribution is -2.22. The van der Waals surface area contributed by atoms with Crippen LogP contribution in [-0.2, 0) is 4.79 Å². The first-order chi connectivity index (χ1) is 9.69. The van der Waals surface area contributed by atoms with Crippen molar-refractivity contribution in [1.29, 1.82) is 0 Å². The van der Waals surface area contributed by atoms with Gasteiger partial charge in [-0.3, -0.25) is 4.79 Å². The van der Waals surface area contributed by atoms with Gasteiger partial charge in [0.2, 0.25) is 5.91 Å². The number of carbonyl (C=O) groups is 1. The Morgan fingerprint density at radius 3 is 2.60 bits per heavy atom. The molecule has 1 amide bonds. The molecule has 0 unspecified atom stereocenters. The molecule has 0 aliphatic carbocycles. The monoisotopic (exact) mass is 288 g/mol. The highest BCUT2D eigenvalue weighted by molar-refractivity contribution is 8.00. The highest BCUT2D eigenvalue weighted by Crippen LogP contribution is 2.37. The van der Waals surface area contributed by atoms with Gasteiger partial charge in [0, 0.05) is 30.7 Å². The predicted octanol–water partition coefficient (Wildman–Crippen LogP) is 2.69. The van der Waals surface area contributed by atoms with Gasteiger partial charge in [-0.05, 0) is 30.3 Å². The largest absolute Gasteiger partial charge is 0.497 e. The molecule has 2 heterocycles. The smallest absolute Gasteiger partial charge is 0.233 e. The number of methoxy groups -OCH3 is 1. The van der Waals surface area contributed by atoms with Gasteiger partial charge in [-0.25, -0.2) is 0 Å². The van der Waals surface area contributed by atoms with Gasteiger partial charge in [0.25, 0.3) is 0 Å². The van der Waals surface area contributed by atoms with Crippen molar-refractivity contribution in [2.75, 3.05) is 19.9 Å². The number of hydrogen-bond donors (Lipinski definition) is 0. The minimum absolute atomic E-state index is 0.127. The Hall–Kier alpha value is -1.88. The van der Waals surface area contributed by atoms with E-state index >= 15 is 0 Å². The fourth-order valence-corrected chi connectivity index (χ4v) is 3.47. The van der Waals surface area contributed by atoms with Crippen molar-refractivity contribution >= 4 is 17.7 Å². The first kappa shape index (κ1) is 13.1. The van der Waals surface area contributed by atoms with E-state index in [2.05, 4.69) is 16.8 Å². The van der Waals surface area contributed by atoms with Crippen molar-refractivity contribution in [3.8, 4) is 11.4 Å². The molecule has 1 aliphatic heterocycles. The summed E-state index contributed by atoms with van der Waals surface area (Å²) in [6.45, 7) is 0. The Balaban J connectivity index is 1.84. The van der Waals surface area contributed by atoms with E-state index in [0.717, 1.165) is 17.0 Å². The van der Waals surface area contributed by atoms with Crippen LogP contribution >= 0.6 is 11.8 Å². The first-order valence-electron chi connectivity index (χ1n) is 6.38. The second-order valence-electron chi connectivity index (χ2n) is 4.72. The van der Waals surface area contributed by atoms with Crippen LogP contribution in [0.1, 0.15) is 10.9 Å². The van der Waals surface area contributed by atoms with Crippen molar-refractivity contribution in [3.63, 3.8) is 0 Å². The van der Waals surface area contributed by atoms with E-state index < -0.39 is 0 Å². The number of thioether (sulfide) groups is 1. The molecule has 0 bridgehead atoms. The highest BCUT2D eigenvalue weighted by atomic mass is 32.2. The van der Waals surface area contributed by atoms with Crippen LogP contribution in [0.2, 0.25) is 0 Å². The van der Waals surface area contributed by atoms with E-state index in [1.165, 1.54) is 0 Å². The molecular weight excluding hydrogens is 272 g/mol. The van der Waals surface area contributed by atoms with Crippen molar-refractivity contribution in [3.05, 3.63) is 48.3 Å². The number of benzene rings is 1. The summed E-state index contributed by atoms with van der Waals surface area (Å²) in [5.41, 5.74) is 2.23. The number of hydrogen-bond acceptors (Lipinski definition) is 3. The molecule has 20 heavy (non-hydrogen) atoms. The molecule has 5 heteroatoms. The van der Waals surface area contributed by atoms with Gasteiger partial charge in [0.15, 0.2) is 0 Å². The summed E-state index contributed by atoms with van der Waals surface area (Å²) in [4.78, 5) is 13.4. The predicted molar refractivity (Wildman–Crippen MR) is 80.3 cm³/mol. The molecule has 0 N–H and O–H groups in total. The maximum absolute atomic E-state index is 11.6. The molecule has 0 saturated carbocycles. The fourth-order valence-electron chi connectivity index (χ4n) is 2.29. The van der Waals surface area contributed by atoms with E-state index in [-0.39, 0.29) is 11.3 Å². The number of rotatable bonds is 3. The lowest BCUT2D eigenvalue weighted by molar-refractivity contribution is -0.126. The van der Waals surface area contributed by atoms with E-state index in [9.17, 15) is 4.79 Å². The number of aromatic nitrogens is 1. The van der Waals surface area contributed by atoms with Crippen LogP contribution in [0.25, 0.3) is 5.69 Å². The molecule has 0 spiro atoms. The van der Waals surface area contributed by atoms with Crippen molar-refractivity contribution in [2.45, 2.75) is 5.37 Å². The molecule has 1 atom stereocenters. The topological polar surface area (TPSA) is 34.5 Å². The Bertz CT molecular complexity index is 621. The van der Waals surface area contributed by atoms with Crippen LogP contribution in [0.4, 0.5) is 0 Å². The molecule has 1 fully saturated rings. The van der Waals surface area contributed by atoms with Crippen LogP contribution in [0, 0.1) is 0 Å². The zero-order valence-electron chi connectivity index (χ0n) is 11.4. The molecule has 1 aromatic heterocycles. The SMILES string of the molecule is COc1ccc(-n2ccc([C@H]3SCC(=O)N3C)c2)cc1. The van der Waals surface area contributed by atoms with Crippen LogP contribution in [-0.4, -0.2) is 35.3 Å². The minimum Gasteiger partial charge on any atom is -0.497 e. The summed E-state index contributed by atoms with van der Waals surface area (Å²) in [6, 6.07) is 9.97. The first-order valence-corrected chi connectivity index (χ1v) is 7.43. The summed E-state index contributed by atoms with van der Waals surface area (Å²) in [6.07, 6.45) is 4.10. The normalized spacial score (nSPS) is 18.6. The average molecular weight is 288 g/mol. The highest BCUT2D eigenvalue weighted by Gasteiger charge is 2.30. The lowest BCUT2D eigenvalue weighted by Gasteiger charge is -2.17. The standard InChI is InChI=1S/C15H16N2O2S/c1-16-14(18)10-20-15(16)11-7-8-17(9-11)12-3-5-13(19-2)6-4-12/h3-9,15H,10H2,1-2H3/t15-/m1/s1. The Morgan fingerprint density at radius 1 is 1.25 bits per heavy atom. The van der Waals surface area contributed by atoms with Gasteiger partial charge in [-0.1, -0.05) is 0 Å². The summed E-state index contributed by atoms with van der Waals surface area (Å²) in [7, 11) is 3.52. The third-order valence-electron chi connectivity index (χ3n) is 3.48. The van der Waals surface area contributed by atoms with Gasteiger partial charge in [-0.15, -0.1) is 11.8 Å². The maximum Gasteiger partial charge on any atom is 0.233 e. The molecule has 1 aromatic carbocycles. The molecule has 4 nitrogen and oxygen atoms in total. The van der Waals surface area contributed by atoms with Crippen LogP contribution < -0.4 is 4.74 Å². The quantitative estimate of drug-likeness (QED) is 0.871. The average Bonchev–Trinajstić information content (AvgIpc) is 3.08. The summed E-state index contributed by atoms with van der Waals surface area (Å²) in [5.74, 6) is 1.60. The van der Waals surface area contributed by atoms with E-state index in [4.69, 9.17) is 4.74 Å².